The van der Waals surface area contributed by atoms with E-state index in [0.717, 1.165) is 0 Å². The van der Waals surface area contributed by atoms with Crippen LogP contribution < -0.4 is 31.8 Å². The fourth-order valence-electron chi connectivity index (χ4n) is 5.60. The van der Waals surface area contributed by atoms with Gasteiger partial charge in [0.2, 0.25) is 0 Å². The van der Waals surface area contributed by atoms with Gasteiger partial charge in [-0.25, -0.2) is 0 Å². The monoisotopic (exact) mass is 756 g/mol. The van der Waals surface area contributed by atoms with Crippen LogP contribution in [0.3, 0.4) is 0 Å². The second kappa shape index (κ2) is 12.4. The van der Waals surface area contributed by atoms with Crippen LogP contribution in [0.4, 0.5) is 0 Å². The van der Waals surface area contributed by atoms with Crippen molar-refractivity contribution in [2.45, 2.75) is 0 Å². The molecule has 6 rings (SSSR count). The van der Waals surface area contributed by atoms with Gasteiger partial charge in [-0.1, -0.05) is 0 Å². The maximum absolute atomic E-state index is 8.61. The Morgan fingerprint density at radius 1 is 0.275 bits per heavy atom. The Morgan fingerprint density at radius 3 is 0.575 bits per heavy atom. The first-order valence-corrected chi connectivity index (χ1v) is 26.7. The van der Waals surface area contributed by atoms with Gasteiger partial charge < -0.3 is 0 Å². The zero-order chi connectivity index (χ0) is 27.3. The van der Waals surface area contributed by atoms with Gasteiger partial charge >= 0.3 is 249 Å². The molecular formula is C36H32ClP2Pt. The fourth-order valence-corrected chi connectivity index (χ4v) is 66.1. The summed E-state index contributed by atoms with van der Waals surface area (Å²) in [6.45, 7) is 0. The van der Waals surface area contributed by atoms with E-state index in [9.17, 15) is 0 Å². The van der Waals surface area contributed by atoms with Crippen LogP contribution in [-0.4, -0.2) is 0 Å². The first kappa shape index (κ1) is 27.3. The van der Waals surface area contributed by atoms with Crippen molar-refractivity contribution in [3.8, 4) is 0 Å². The molecule has 40 heavy (non-hydrogen) atoms. The summed E-state index contributed by atoms with van der Waals surface area (Å²) in [5.74, 6) is 0. The van der Waals surface area contributed by atoms with Gasteiger partial charge in [-0.05, 0) is 0 Å². The minimum absolute atomic E-state index is 1.40. The molecule has 0 amide bonds. The van der Waals surface area contributed by atoms with Crippen molar-refractivity contribution in [1.82, 2.24) is 0 Å². The number of benzene rings is 6. The summed E-state index contributed by atoms with van der Waals surface area (Å²) in [5.41, 5.74) is 0. The molecule has 6 aromatic carbocycles. The fraction of sp³-hybridized carbons (Fsp3) is 0. The number of hydrogen-bond donors (Lipinski definition) is 0. The normalized spacial score (nSPS) is 12.9. The Hall–Kier alpha value is -2.84. The standard InChI is InChI=1S/2C18H15P.ClH.Pt/c2*1-4-10-16(11-5-1)19(17-12-6-2-7-13-17)18-14-8-3-9-15-18;;/h2*1-15H;1H;/q;;;-1/p+1. The van der Waals surface area contributed by atoms with E-state index in [1.54, 1.807) is 0 Å². The van der Waals surface area contributed by atoms with Crippen molar-refractivity contribution in [1.29, 1.82) is 0 Å². The molecule has 0 aromatic heterocycles. The Kier molecular flexibility index (Phi) is 8.44. The van der Waals surface area contributed by atoms with E-state index in [1.807, 2.05) is 0 Å². The summed E-state index contributed by atoms with van der Waals surface area (Å²) in [4.78, 5) is 0. The van der Waals surface area contributed by atoms with Crippen LogP contribution in [0.2, 0.25) is 0 Å². The zero-order valence-electron chi connectivity index (χ0n) is 22.0. The van der Waals surface area contributed by atoms with Crippen LogP contribution in [0.25, 0.3) is 0 Å². The number of hydrogen-bond acceptors (Lipinski definition) is 0. The summed E-state index contributed by atoms with van der Waals surface area (Å²) < 4.78 is 0. The first-order valence-electron chi connectivity index (χ1n) is 13.4. The summed E-state index contributed by atoms with van der Waals surface area (Å²) in [6, 6.07) is 67.3. The van der Waals surface area contributed by atoms with Crippen molar-refractivity contribution in [3.05, 3.63) is 182 Å². The average Bonchev–Trinajstić information content (AvgIpc) is 3.05. The third-order valence-electron chi connectivity index (χ3n) is 7.34. The molecule has 0 N–H and O–H groups in total. The molecule has 4 heteroatoms. The quantitative estimate of drug-likeness (QED) is 0.146. The van der Waals surface area contributed by atoms with E-state index in [2.05, 4.69) is 182 Å². The van der Waals surface area contributed by atoms with Crippen molar-refractivity contribution in [3.63, 3.8) is 0 Å². The van der Waals surface area contributed by atoms with Crippen LogP contribution in [0.5, 0.6) is 0 Å². The molecule has 0 atom stereocenters. The molecule has 0 heterocycles. The molecule has 0 aliphatic rings. The van der Waals surface area contributed by atoms with Crippen LogP contribution in [0, 0.1) is 0 Å². The Labute approximate surface area is 247 Å². The Balaban J connectivity index is 1.81. The van der Waals surface area contributed by atoms with Gasteiger partial charge in [0.15, 0.2) is 0 Å². The molecule has 0 unspecified atom stereocenters. The third-order valence-corrected chi connectivity index (χ3v) is 56.0. The molecule has 0 radical (unpaired) electrons. The van der Waals surface area contributed by atoms with Crippen LogP contribution in [0.15, 0.2) is 182 Å². The summed E-state index contributed by atoms with van der Waals surface area (Å²) in [7, 11) is 8.61. The SMILES string of the molecule is [Cl][Pt]([PH](c1ccccc1)(c1ccccc1)c1ccccc1)[PH](c1ccccc1)(c1ccccc1)c1ccccc1. The molecule has 203 valence electrons. The van der Waals surface area contributed by atoms with Crippen LogP contribution >= 0.6 is 20.1 Å². The van der Waals surface area contributed by atoms with Gasteiger partial charge in [-0.15, -0.1) is 0 Å². The van der Waals surface area contributed by atoms with Crippen LogP contribution in [0.1, 0.15) is 0 Å². The molecule has 0 saturated carbocycles. The van der Waals surface area contributed by atoms with E-state index in [1.165, 1.54) is 31.8 Å². The van der Waals surface area contributed by atoms with Gasteiger partial charge in [-0.3, -0.25) is 0 Å². The summed E-state index contributed by atoms with van der Waals surface area (Å²) in [6.07, 6.45) is 0. The van der Waals surface area contributed by atoms with E-state index < -0.39 is 26.0 Å². The van der Waals surface area contributed by atoms with E-state index in [-0.39, 0.29) is 0 Å². The van der Waals surface area contributed by atoms with Gasteiger partial charge in [0, 0.05) is 0 Å². The summed E-state index contributed by atoms with van der Waals surface area (Å²) >= 11 is -2.60. The minimum atomic E-state index is -2.73. The second-order valence-electron chi connectivity index (χ2n) is 9.62. The molecular weight excluding hydrogens is 725 g/mol. The Bertz CT molecular complexity index is 1310. The third kappa shape index (κ3) is 4.73. The molecule has 6 aromatic rings. The van der Waals surface area contributed by atoms with Crippen molar-refractivity contribution in [2.24, 2.45) is 0 Å². The van der Waals surface area contributed by atoms with Gasteiger partial charge in [0.25, 0.3) is 0 Å². The zero-order valence-corrected chi connectivity index (χ0v) is 27.0. The number of rotatable bonds is 8. The second-order valence-corrected chi connectivity index (χ2v) is 40.2. The van der Waals surface area contributed by atoms with Crippen molar-refractivity contribution >= 4 is 52.0 Å². The van der Waals surface area contributed by atoms with E-state index in [0.29, 0.717) is 0 Å². The molecule has 0 aliphatic heterocycles. The predicted octanol–water partition coefficient (Wildman–Crippen LogP) is 7.04. The van der Waals surface area contributed by atoms with E-state index >= 15 is 0 Å². The molecule has 0 bridgehead atoms. The summed E-state index contributed by atoms with van der Waals surface area (Å²) in [5, 5.41) is 2.92. The van der Waals surface area contributed by atoms with E-state index in [4.69, 9.17) is 9.42 Å². The topological polar surface area (TPSA) is 0 Å². The molecule has 0 spiro atoms. The molecule has 0 fully saturated rings. The number of halogens is 1. The van der Waals surface area contributed by atoms with Gasteiger partial charge in [0.05, 0.1) is 0 Å². The first-order chi connectivity index (χ1) is 19.8. The van der Waals surface area contributed by atoms with Gasteiger partial charge in [0.1, 0.15) is 0 Å². The van der Waals surface area contributed by atoms with Gasteiger partial charge in [-0.2, -0.15) is 0 Å². The molecule has 0 nitrogen and oxygen atoms in total. The molecule has 0 saturated heterocycles. The van der Waals surface area contributed by atoms with Crippen molar-refractivity contribution < 1.29 is 15.3 Å². The molecule has 0 aliphatic carbocycles. The Morgan fingerprint density at radius 2 is 0.425 bits per heavy atom. The average molecular weight is 757 g/mol. The van der Waals surface area contributed by atoms with Crippen LogP contribution in [-0.2, 0) is 15.3 Å². The van der Waals surface area contributed by atoms with Crippen molar-refractivity contribution in [2.75, 3.05) is 0 Å². The predicted molar refractivity (Wildman–Crippen MR) is 179 cm³/mol. The maximum atomic E-state index is 8.61.